The molecular formula is C17H16ClN5O. The molecule has 6 nitrogen and oxygen atoms in total. The number of rotatable bonds is 5. The van der Waals surface area contributed by atoms with Crippen molar-refractivity contribution in [2.75, 3.05) is 5.32 Å². The normalized spacial score (nSPS) is 11.9. The molecule has 3 rings (SSSR count). The molecule has 122 valence electrons. The van der Waals surface area contributed by atoms with E-state index in [0.29, 0.717) is 17.1 Å². The Morgan fingerprint density at radius 3 is 2.75 bits per heavy atom. The van der Waals surface area contributed by atoms with Gasteiger partial charge in [0.1, 0.15) is 12.4 Å². The molecule has 1 unspecified atom stereocenters. The van der Waals surface area contributed by atoms with Gasteiger partial charge in [-0.2, -0.15) is 0 Å². The summed E-state index contributed by atoms with van der Waals surface area (Å²) in [6.45, 7) is 1.91. The van der Waals surface area contributed by atoms with Crippen LogP contribution in [0, 0.1) is 6.92 Å². The molecule has 0 aliphatic heterocycles. The van der Waals surface area contributed by atoms with Gasteiger partial charge in [-0.25, -0.2) is 4.68 Å². The first-order valence-electron chi connectivity index (χ1n) is 7.47. The maximum Gasteiger partial charge on any atom is 0.249 e. The average Bonchev–Trinajstić information content (AvgIpc) is 3.11. The van der Waals surface area contributed by atoms with Crippen molar-refractivity contribution in [2.45, 2.75) is 19.4 Å². The predicted molar refractivity (Wildman–Crippen MR) is 91.8 cm³/mol. The van der Waals surface area contributed by atoms with E-state index in [1.807, 2.05) is 43.3 Å². The Morgan fingerprint density at radius 1 is 1.25 bits per heavy atom. The minimum Gasteiger partial charge on any atom is -0.324 e. The Balaban J connectivity index is 1.85. The smallest absolute Gasteiger partial charge is 0.249 e. The van der Waals surface area contributed by atoms with Crippen molar-refractivity contribution in [3.05, 3.63) is 71.0 Å². The molecule has 1 aromatic heterocycles. The van der Waals surface area contributed by atoms with Crippen LogP contribution in [0.15, 0.2) is 54.9 Å². The number of nitrogens with one attached hydrogen (secondary N) is 1. The van der Waals surface area contributed by atoms with Crippen molar-refractivity contribution < 1.29 is 4.79 Å². The number of hydrogen-bond donors (Lipinski definition) is 1. The van der Waals surface area contributed by atoms with Crippen molar-refractivity contribution in [3.63, 3.8) is 0 Å². The number of amides is 1. The highest BCUT2D eigenvalue weighted by Crippen LogP contribution is 2.22. The van der Waals surface area contributed by atoms with Crippen LogP contribution >= 0.6 is 11.6 Å². The summed E-state index contributed by atoms with van der Waals surface area (Å²) in [4.78, 5) is 12.8. The Kier molecular flexibility index (Phi) is 4.86. The van der Waals surface area contributed by atoms with Gasteiger partial charge in [0.15, 0.2) is 0 Å². The summed E-state index contributed by atoms with van der Waals surface area (Å²) in [7, 11) is 0. The number of hydrogen-bond acceptors (Lipinski definition) is 4. The number of carbonyl (C=O) groups excluding carboxylic acids is 1. The first-order chi connectivity index (χ1) is 11.6. The molecule has 0 bridgehead atoms. The third-order valence-electron chi connectivity index (χ3n) is 3.72. The highest BCUT2D eigenvalue weighted by atomic mass is 35.5. The lowest BCUT2D eigenvalue weighted by molar-refractivity contribution is -0.119. The minimum absolute atomic E-state index is 0.198. The monoisotopic (exact) mass is 341 g/mol. The van der Waals surface area contributed by atoms with Crippen LogP contribution in [-0.4, -0.2) is 26.1 Å². The summed E-state index contributed by atoms with van der Waals surface area (Å²) in [5.74, 6) is -0.198. The second-order valence-electron chi connectivity index (χ2n) is 5.44. The fourth-order valence-corrected chi connectivity index (χ4v) is 2.57. The van der Waals surface area contributed by atoms with E-state index in [9.17, 15) is 4.79 Å². The fourth-order valence-electron chi connectivity index (χ4n) is 2.40. The quantitative estimate of drug-likeness (QED) is 0.774. The van der Waals surface area contributed by atoms with Gasteiger partial charge in [0.2, 0.25) is 5.91 Å². The molecule has 0 fully saturated rings. The Hall–Kier alpha value is -2.73. The van der Waals surface area contributed by atoms with E-state index in [0.717, 1.165) is 11.1 Å². The molecule has 0 aliphatic rings. The summed E-state index contributed by atoms with van der Waals surface area (Å²) in [5, 5.41) is 14.6. The van der Waals surface area contributed by atoms with E-state index >= 15 is 0 Å². The predicted octanol–water partition coefficient (Wildman–Crippen LogP) is 3.06. The van der Waals surface area contributed by atoms with E-state index in [-0.39, 0.29) is 5.91 Å². The summed E-state index contributed by atoms with van der Waals surface area (Å²) < 4.78 is 1.46. The van der Waals surface area contributed by atoms with Gasteiger partial charge in [0, 0.05) is 17.1 Å². The molecule has 7 heteroatoms. The maximum atomic E-state index is 12.8. The average molecular weight is 342 g/mol. The van der Waals surface area contributed by atoms with Crippen LogP contribution < -0.4 is 5.32 Å². The molecule has 0 aliphatic carbocycles. The van der Waals surface area contributed by atoms with E-state index in [1.54, 1.807) is 12.1 Å². The molecule has 24 heavy (non-hydrogen) atoms. The molecule has 1 amide bonds. The lowest BCUT2D eigenvalue weighted by atomic mass is 10.1. The van der Waals surface area contributed by atoms with Gasteiger partial charge >= 0.3 is 0 Å². The zero-order valence-electron chi connectivity index (χ0n) is 13.1. The molecule has 3 aromatic rings. The Bertz CT molecular complexity index is 820. The van der Waals surface area contributed by atoms with Crippen LogP contribution in [-0.2, 0) is 11.2 Å². The Labute approximate surface area is 144 Å². The van der Waals surface area contributed by atoms with Crippen molar-refractivity contribution >= 4 is 23.2 Å². The third-order valence-corrected chi connectivity index (χ3v) is 3.95. The number of tetrazole rings is 1. The van der Waals surface area contributed by atoms with Gasteiger partial charge in [0.05, 0.1) is 0 Å². The van der Waals surface area contributed by atoms with Gasteiger partial charge in [-0.15, -0.1) is 5.10 Å². The van der Waals surface area contributed by atoms with Crippen LogP contribution in [0.2, 0.25) is 5.02 Å². The second kappa shape index (κ2) is 7.23. The first-order valence-corrected chi connectivity index (χ1v) is 7.84. The number of aryl methyl sites for hydroxylation is 1. The van der Waals surface area contributed by atoms with Crippen molar-refractivity contribution in [1.29, 1.82) is 0 Å². The van der Waals surface area contributed by atoms with Gasteiger partial charge < -0.3 is 5.32 Å². The molecule has 0 radical (unpaired) electrons. The number of aromatic nitrogens is 4. The molecular weight excluding hydrogens is 326 g/mol. The van der Waals surface area contributed by atoms with Crippen molar-refractivity contribution in [2.24, 2.45) is 0 Å². The van der Waals surface area contributed by atoms with Gasteiger partial charge in [-0.05, 0) is 40.6 Å². The third kappa shape index (κ3) is 3.78. The van der Waals surface area contributed by atoms with Crippen LogP contribution in [0.5, 0.6) is 0 Å². The lowest BCUT2D eigenvalue weighted by Crippen LogP contribution is -2.28. The molecule has 1 atom stereocenters. The zero-order valence-corrected chi connectivity index (χ0v) is 13.8. The maximum absolute atomic E-state index is 12.8. The largest absolute Gasteiger partial charge is 0.324 e. The summed E-state index contributed by atoms with van der Waals surface area (Å²) in [6, 6.07) is 14.6. The van der Waals surface area contributed by atoms with E-state index in [4.69, 9.17) is 11.6 Å². The first kappa shape index (κ1) is 16.1. The highest BCUT2D eigenvalue weighted by molar-refractivity contribution is 6.31. The number of benzene rings is 2. The van der Waals surface area contributed by atoms with E-state index in [2.05, 4.69) is 20.8 Å². The molecule has 0 spiro atoms. The van der Waals surface area contributed by atoms with Gasteiger partial charge in [0.25, 0.3) is 0 Å². The number of carbonyl (C=O) groups is 1. The molecule has 1 N–H and O–H groups in total. The zero-order chi connectivity index (χ0) is 16.9. The topological polar surface area (TPSA) is 72.7 Å². The summed E-state index contributed by atoms with van der Waals surface area (Å²) in [6.07, 6.45) is 1.93. The van der Waals surface area contributed by atoms with E-state index in [1.165, 1.54) is 11.0 Å². The SMILES string of the molecule is Cc1ccc(Cl)cc1NC(=O)C(Cc1ccccc1)n1cnnn1. The lowest BCUT2D eigenvalue weighted by Gasteiger charge is -2.17. The highest BCUT2D eigenvalue weighted by Gasteiger charge is 2.23. The Morgan fingerprint density at radius 2 is 2.04 bits per heavy atom. The summed E-state index contributed by atoms with van der Waals surface area (Å²) >= 11 is 6.02. The van der Waals surface area contributed by atoms with Gasteiger partial charge in [-0.3, -0.25) is 4.79 Å². The molecule has 0 saturated carbocycles. The van der Waals surface area contributed by atoms with Crippen LogP contribution in [0.25, 0.3) is 0 Å². The molecule has 1 heterocycles. The van der Waals surface area contributed by atoms with Crippen molar-refractivity contribution in [3.8, 4) is 0 Å². The number of halogens is 1. The van der Waals surface area contributed by atoms with Crippen molar-refractivity contribution in [1.82, 2.24) is 20.2 Å². The minimum atomic E-state index is -0.555. The van der Waals surface area contributed by atoms with Crippen LogP contribution in [0.3, 0.4) is 0 Å². The number of nitrogens with zero attached hydrogens (tertiary/aromatic N) is 4. The molecule has 0 saturated heterocycles. The number of anilines is 1. The standard InChI is InChI=1S/C17H16ClN5O/c1-12-7-8-14(18)10-15(12)20-17(24)16(23-11-19-21-22-23)9-13-5-3-2-4-6-13/h2-8,10-11,16H,9H2,1H3,(H,20,24). The van der Waals surface area contributed by atoms with Crippen LogP contribution in [0.4, 0.5) is 5.69 Å². The van der Waals surface area contributed by atoms with Crippen LogP contribution in [0.1, 0.15) is 17.2 Å². The second-order valence-corrected chi connectivity index (χ2v) is 5.88. The van der Waals surface area contributed by atoms with E-state index < -0.39 is 6.04 Å². The summed E-state index contributed by atoms with van der Waals surface area (Å²) in [5.41, 5.74) is 2.64. The van der Waals surface area contributed by atoms with Gasteiger partial charge in [-0.1, -0.05) is 48.0 Å². The fraction of sp³-hybridized carbons (Fsp3) is 0.176. The molecule has 2 aromatic carbocycles.